The molecule has 0 aliphatic rings. The van der Waals surface area contributed by atoms with E-state index in [2.05, 4.69) is 50.1 Å². The highest BCUT2D eigenvalue weighted by atomic mass is 79.9. The van der Waals surface area contributed by atoms with Crippen LogP contribution in [-0.4, -0.2) is 51.6 Å². The number of aromatic nitrogens is 3. The lowest BCUT2D eigenvalue weighted by molar-refractivity contribution is -0.142. The molecular weight excluding hydrogens is 415 g/mol. The topological polar surface area (TPSA) is 62.5 Å². The van der Waals surface area contributed by atoms with Gasteiger partial charge in [-0.05, 0) is 55.0 Å². The average Bonchev–Trinajstić information content (AvgIpc) is 2.90. The first-order chi connectivity index (χ1) is 12.2. The average molecular weight is 436 g/mol. The Balaban J connectivity index is 2.19. The fourth-order valence-electron chi connectivity index (χ4n) is 2.59. The van der Waals surface area contributed by atoms with E-state index in [0.29, 0.717) is 11.1 Å². The molecule has 144 valence electrons. The van der Waals surface area contributed by atoms with Gasteiger partial charge in [0.05, 0.1) is 4.47 Å². The summed E-state index contributed by atoms with van der Waals surface area (Å²) in [6.45, 7) is 8.67. The summed E-state index contributed by atoms with van der Waals surface area (Å²) in [5.41, 5.74) is -0.931. The number of carbonyl (C=O) groups excluding carboxylic acids is 1. The Labute approximate surface area is 157 Å². The first-order valence-electron chi connectivity index (χ1n) is 8.32. The van der Waals surface area contributed by atoms with E-state index >= 15 is 0 Å². The van der Waals surface area contributed by atoms with Crippen molar-refractivity contribution in [1.82, 2.24) is 24.8 Å². The fraction of sp³-hybridized carbons (Fsp3) is 0.562. The molecule has 2 rings (SSSR count). The molecular formula is C16H21BrF3N5O. The molecule has 0 spiro atoms. The van der Waals surface area contributed by atoms with E-state index in [-0.39, 0.29) is 21.5 Å². The summed E-state index contributed by atoms with van der Waals surface area (Å²) < 4.78 is 40.5. The summed E-state index contributed by atoms with van der Waals surface area (Å²) in [6, 6.07) is 0.901. The first kappa shape index (κ1) is 20.6. The number of amides is 1. The Morgan fingerprint density at radius 3 is 2.58 bits per heavy atom. The normalized spacial score (nSPS) is 12.2. The molecule has 26 heavy (non-hydrogen) atoms. The van der Waals surface area contributed by atoms with Crippen molar-refractivity contribution in [2.45, 2.75) is 33.4 Å². The van der Waals surface area contributed by atoms with E-state index in [9.17, 15) is 18.0 Å². The summed E-state index contributed by atoms with van der Waals surface area (Å²) in [6.07, 6.45) is -3.86. The number of aryl methyl sites for hydroxylation is 1. The van der Waals surface area contributed by atoms with Gasteiger partial charge in [-0.2, -0.15) is 18.3 Å². The van der Waals surface area contributed by atoms with Crippen molar-refractivity contribution in [3.63, 3.8) is 0 Å². The molecule has 0 aliphatic carbocycles. The third kappa shape index (κ3) is 4.53. The van der Waals surface area contributed by atoms with E-state index in [4.69, 9.17) is 0 Å². The van der Waals surface area contributed by atoms with Gasteiger partial charge in [0.1, 0.15) is 5.69 Å². The molecule has 6 nitrogen and oxygen atoms in total. The number of nitrogens with zero attached hydrogens (tertiary/aromatic N) is 4. The number of rotatable bonds is 7. The van der Waals surface area contributed by atoms with E-state index in [1.54, 1.807) is 0 Å². The van der Waals surface area contributed by atoms with E-state index in [0.717, 1.165) is 32.1 Å². The Kier molecular flexibility index (Phi) is 6.62. The standard InChI is InChI=1S/C16H21BrF3N5O/c1-4-24(5-2)8-6-7-21-15(26)13-12(17)14-22-10(3)9-11(16(18,19)20)25(14)23-13/h9H,4-8H2,1-3H3,(H,21,26). The largest absolute Gasteiger partial charge is 0.433 e. The van der Waals surface area contributed by atoms with Gasteiger partial charge < -0.3 is 10.2 Å². The van der Waals surface area contributed by atoms with Crippen LogP contribution >= 0.6 is 15.9 Å². The maximum Gasteiger partial charge on any atom is 0.433 e. The molecule has 10 heteroatoms. The molecule has 2 aromatic heterocycles. The second kappa shape index (κ2) is 8.34. The van der Waals surface area contributed by atoms with Crippen LogP contribution in [0, 0.1) is 6.92 Å². The lowest BCUT2D eigenvalue weighted by Crippen LogP contribution is -2.30. The molecule has 0 radical (unpaired) electrons. The summed E-state index contributed by atoms with van der Waals surface area (Å²) in [7, 11) is 0. The van der Waals surface area contributed by atoms with Crippen LogP contribution in [0.5, 0.6) is 0 Å². The quantitative estimate of drug-likeness (QED) is 0.677. The number of nitrogens with one attached hydrogen (secondary N) is 1. The summed E-state index contributed by atoms with van der Waals surface area (Å²) in [5.74, 6) is -0.535. The predicted molar refractivity (Wildman–Crippen MR) is 95.2 cm³/mol. The van der Waals surface area contributed by atoms with Crippen LogP contribution in [0.1, 0.15) is 42.1 Å². The minimum Gasteiger partial charge on any atom is -0.351 e. The van der Waals surface area contributed by atoms with Crippen molar-refractivity contribution in [2.24, 2.45) is 0 Å². The van der Waals surface area contributed by atoms with Crippen LogP contribution in [0.25, 0.3) is 5.65 Å². The smallest absolute Gasteiger partial charge is 0.351 e. The number of alkyl halides is 3. The zero-order valence-electron chi connectivity index (χ0n) is 14.8. The molecule has 0 atom stereocenters. The van der Waals surface area contributed by atoms with Gasteiger partial charge in [0.15, 0.2) is 11.3 Å². The van der Waals surface area contributed by atoms with Crippen molar-refractivity contribution in [3.05, 3.63) is 27.6 Å². The third-order valence-electron chi connectivity index (χ3n) is 4.00. The van der Waals surface area contributed by atoms with E-state index in [1.165, 1.54) is 6.92 Å². The van der Waals surface area contributed by atoms with E-state index in [1.807, 2.05) is 0 Å². The number of hydrogen-bond donors (Lipinski definition) is 1. The van der Waals surface area contributed by atoms with Gasteiger partial charge in [0.2, 0.25) is 0 Å². The Bertz CT molecular complexity index is 786. The molecule has 2 aromatic rings. The molecule has 1 N–H and O–H groups in total. The summed E-state index contributed by atoms with van der Waals surface area (Å²) in [4.78, 5) is 18.6. The van der Waals surface area contributed by atoms with Crippen LogP contribution in [-0.2, 0) is 6.18 Å². The summed E-state index contributed by atoms with van der Waals surface area (Å²) in [5, 5.41) is 6.53. The van der Waals surface area contributed by atoms with Crippen molar-refractivity contribution < 1.29 is 18.0 Å². The van der Waals surface area contributed by atoms with Crippen molar-refractivity contribution in [1.29, 1.82) is 0 Å². The minimum atomic E-state index is -4.60. The van der Waals surface area contributed by atoms with Crippen LogP contribution in [0.15, 0.2) is 10.5 Å². The van der Waals surface area contributed by atoms with Gasteiger partial charge in [-0.3, -0.25) is 4.79 Å². The van der Waals surface area contributed by atoms with Gasteiger partial charge in [-0.1, -0.05) is 13.8 Å². The second-order valence-electron chi connectivity index (χ2n) is 5.81. The van der Waals surface area contributed by atoms with Crippen LogP contribution in [0.2, 0.25) is 0 Å². The molecule has 0 aromatic carbocycles. The minimum absolute atomic E-state index is 0.0365. The van der Waals surface area contributed by atoms with Gasteiger partial charge >= 0.3 is 6.18 Å². The van der Waals surface area contributed by atoms with Crippen molar-refractivity contribution >= 4 is 27.5 Å². The number of fused-ring (bicyclic) bond motifs is 1. The molecule has 0 aliphatic heterocycles. The first-order valence-corrected chi connectivity index (χ1v) is 9.11. The number of hydrogen-bond acceptors (Lipinski definition) is 4. The predicted octanol–water partition coefficient (Wildman–Crippen LogP) is 3.28. The molecule has 0 fully saturated rings. The zero-order chi connectivity index (χ0) is 19.5. The van der Waals surface area contributed by atoms with E-state index < -0.39 is 17.8 Å². The van der Waals surface area contributed by atoms with Crippen molar-refractivity contribution in [3.8, 4) is 0 Å². The highest BCUT2D eigenvalue weighted by molar-refractivity contribution is 9.10. The molecule has 1 amide bonds. The number of halogens is 4. The number of carbonyl (C=O) groups is 1. The lowest BCUT2D eigenvalue weighted by Gasteiger charge is -2.17. The Hall–Kier alpha value is -1.68. The van der Waals surface area contributed by atoms with Gasteiger partial charge in [0, 0.05) is 12.2 Å². The molecule has 0 saturated carbocycles. The molecule has 2 heterocycles. The van der Waals surface area contributed by atoms with Crippen LogP contribution in [0.3, 0.4) is 0 Å². The van der Waals surface area contributed by atoms with Gasteiger partial charge in [0.25, 0.3) is 5.91 Å². The monoisotopic (exact) mass is 435 g/mol. The molecule has 0 bridgehead atoms. The maximum atomic E-state index is 13.2. The van der Waals surface area contributed by atoms with Gasteiger partial charge in [-0.25, -0.2) is 9.50 Å². The SMILES string of the molecule is CCN(CC)CCCNC(=O)c1nn2c(C(F)(F)F)cc(C)nc2c1Br. The second-order valence-corrected chi connectivity index (χ2v) is 6.61. The summed E-state index contributed by atoms with van der Waals surface area (Å²) >= 11 is 3.16. The van der Waals surface area contributed by atoms with Crippen LogP contribution < -0.4 is 5.32 Å². The van der Waals surface area contributed by atoms with Crippen molar-refractivity contribution in [2.75, 3.05) is 26.2 Å². The third-order valence-corrected chi connectivity index (χ3v) is 4.73. The lowest BCUT2D eigenvalue weighted by atomic mass is 10.3. The van der Waals surface area contributed by atoms with Crippen LogP contribution in [0.4, 0.5) is 13.2 Å². The highest BCUT2D eigenvalue weighted by Crippen LogP contribution is 2.32. The highest BCUT2D eigenvalue weighted by Gasteiger charge is 2.36. The Morgan fingerprint density at radius 2 is 2.00 bits per heavy atom. The maximum absolute atomic E-state index is 13.2. The van der Waals surface area contributed by atoms with Gasteiger partial charge in [-0.15, -0.1) is 0 Å². The Morgan fingerprint density at radius 1 is 1.35 bits per heavy atom. The molecule has 0 saturated heterocycles. The molecule has 0 unspecified atom stereocenters. The zero-order valence-corrected chi connectivity index (χ0v) is 16.4. The fourth-order valence-corrected chi connectivity index (χ4v) is 3.10.